The second-order valence-corrected chi connectivity index (χ2v) is 6.30. The molecule has 106 valence electrons. The van der Waals surface area contributed by atoms with Crippen molar-refractivity contribution in [3.63, 3.8) is 0 Å². The van der Waals surface area contributed by atoms with Gasteiger partial charge in [0.05, 0.1) is 0 Å². The summed E-state index contributed by atoms with van der Waals surface area (Å²) in [5.41, 5.74) is 7.38. The maximum Gasteiger partial charge on any atom is 0.123 e. The van der Waals surface area contributed by atoms with Crippen LogP contribution in [0.4, 0.5) is 4.39 Å². The van der Waals surface area contributed by atoms with Crippen LogP contribution in [0.1, 0.15) is 25.8 Å². The zero-order valence-electron chi connectivity index (χ0n) is 12.0. The molecule has 1 aliphatic heterocycles. The van der Waals surface area contributed by atoms with Crippen molar-refractivity contribution in [2.45, 2.75) is 32.7 Å². The van der Waals surface area contributed by atoms with Crippen molar-refractivity contribution in [2.24, 2.45) is 17.6 Å². The minimum Gasteiger partial charge on any atom is -0.327 e. The van der Waals surface area contributed by atoms with Gasteiger partial charge in [-0.25, -0.2) is 4.39 Å². The molecule has 0 radical (unpaired) electrons. The van der Waals surface area contributed by atoms with Gasteiger partial charge in [0, 0.05) is 25.7 Å². The van der Waals surface area contributed by atoms with E-state index >= 15 is 0 Å². The molecule has 0 aromatic heterocycles. The highest BCUT2D eigenvalue weighted by molar-refractivity contribution is 5.17. The second kappa shape index (κ2) is 6.49. The van der Waals surface area contributed by atoms with Crippen molar-refractivity contribution in [1.82, 2.24) is 4.90 Å². The van der Waals surface area contributed by atoms with Crippen LogP contribution in [0.5, 0.6) is 0 Å². The van der Waals surface area contributed by atoms with Gasteiger partial charge in [0.2, 0.25) is 0 Å². The summed E-state index contributed by atoms with van der Waals surface area (Å²) in [4.78, 5) is 2.48. The molecule has 0 amide bonds. The van der Waals surface area contributed by atoms with Gasteiger partial charge in [0.1, 0.15) is 5.82 Å². The van der Waals surface area contributed by atoms with Gasteiger partial charge < -0.3 is 10.6 Å². The number of benzene rings is 1. The number of hydrogen-bond donors (Lipinski definition) is 1. The Morgan fingerprint density at radius 1 is 1.26 bits per heavy atom. The first-order chi connectivity index (χ1) is 9.02. The van der Waals surface area contributed by atoms with Crippen molar-refractivity contribution in [2.75, 3.05) is 19.6 Å². The Kier molecular flexibility index (Phi) is 4.94. The summed E-state index contributed by atoms with van der Waals surface area (Å²) in [7, 11) is 0. The van der Waals surface area contributed by atoms with Crippen molar-refractivity contribution in [3.05, 3.63) is 35.6 Å². The highest BCUT2D eigenvalue weighted by Crippen LogP contribution is 2.21. The number of nitrogens with two attached hydrogens (primary N) is 1. The summed E-state index contributed by atoms with van der Waals surface area (Å²) in [6, 6.07) is 7.15. The lowest BCUT2D eigenvalue weighted by atomic mass is 9.88. The van der Waals surface area contributed by atoms with E-state index < -0.39 is 0 Å². The van der Waals surface area contributed by atoms with E-state index in [1.807, 2.05) is 12.1 Å². The van der Waals surface area contributed by atoms with Gasteiger partial charge in [0.15, 0.2) is 0 Å². The van der Waals surface area contributed by atoms with Crippen LogP contribution >= 0.6 is 0 Å². The second-order valence-electron chi connectivity index (χ2n) is 6.30. The van der Waals surface area contributed by atoms with Gasteiger partial charge in [-0.1, -0.05) is 26.0 Å². The Labute approximate surface area is 115 Å². The van der Waals surface area contributed by atoms with Gasteiger partial charge in [0.25, 0.3) is 0 Å². The molecule has 2 rings (SSSR count). The zero-order chi connectivity index (χ0) is 13.8. The third-order valence-corrected chi connectivity index (χ3v) is 3.71. The Morgan fingerprint density at radius 3 is 2.58 bits per heavy atom. The Hall–Kier alpha value is -0.930. The summed E-state index contributed by atoms with van der Waals surface area (Å²) < 4.78 is 12.9. The van der Waals surface area contributed by atoms with Crippen molar-refractivity contribution < 1.29 is 4.39 Å². The number of nitrogens with zero attached hydrogens (tertiary/aromatic N) is 1. The molecular weight excluding hydrogens is 239 g/mol. The number of halogens is 1. The molecule has 1 saturated heterocycles. The molecule has 1 fully saturated rings. The Morgan fingerprint density at radius 2 is 1.95 bits per heavy atom. The van der Waals surface area contributed by atoms with Crippen LogP contribution in [0.25, 0.3) is 0 Å². The smallest absolute Gasteiger partial charge is 0.123 e. The summed E-state index contributed by atoms with van der Waals surface area (Å²) in [6.45, 7) is 7.74. The largest absolute Gasteiger partial charge is 0.327 e. The average Bonchev–Trinajstić information content (AvgIpc) is 2.30. The van der Waals surface area contributed by atoms with Crippen LogP contribution in [0.15, 0.2) is 24.3 Å². The lowest BCUT2D eigenvalue weighted by Crippen LogP contribution is -2.48. The lowest BCUT2D eigenvalue weighted by molar-refractivity contribution is 0.142. The van der Waals surface area contributed by atoms with Crippen molar-refractivity contribution in [3.8, 4) is 0 Å². The summed E-state index contributed by atoms with van der Waals surface area (Å²) in [6.07, 6.45) is 2.08. The van der Waals surface area contributed by atoms with Gasteiger partial charge in [-0.3, -0.25) is 0 Å². The summed E-state index contributed by atoms with van der Waals surface area (Å²) in [5, 5.41) is 0. The summed E-state index contributed by atoms with van der Waals surface area (Å²) in [5.74, 6) is 1.11. The SMILES string of the molecule is CC(C)CN1CC(N)CC(Cc2ccc(F)cc2)C1. The number of piperidine rings is 1. The monoisotopic (exact) mass is 264 g/mol. The molecule has 1 heterocycles. The number of likely N-dealkylation sites (tertiary alicyclic amines) is 1. The molecule has 0 bridgehead atoms. The van der Waals surface area contributed by atoms with E-state index in [4.69, 9.17) is 5.73 Å². The molecule has 2 unspecified atom stereocenters. The summed E-state index contributed by atoms with van der Waals surface area (Å²) >= 11 is 0. The maximum absolute atomic E-state index is 12.9. The topological polar surface area (TPSA) is 29.3 Å². The molecule has 2 nitrogen and oxygen atoms in total. The van der Waals surface area contributed by atoms with Crippen molar-refractivity contribution in [1.29, 1.82) is 0 Å². The van der Waals surface area contributed by atoms with Crippen LogP contribution < -0.4 is 5.73 Å². The number of rotatable bonds is 4. The van der Waals surface area contributed by atoms with Crippen LogP contribution in [0.2, 0.25) is 0 Å². The first-order valence-electron chi connectivity index (χ1n) is 7.25. The van der Waals surface area contributed by atoms with E-state index in [1.165, 1.54) is 5.56 Å². The first-order valence-corrected chi connectivity index (χ1v) is 7.25. The van der Waals surface area contributed by atoms with E-state index in [0.29, 0.717) is 11.8 Å². The molecule has 0 spiro atoms. The zero-order valence-corrected chi connectivity index (χ0v) is 12.0. The fourth-order valence-electron chi connectivity index (χ4n) is 3.12. The van der Waals surface area contributed by atoms with E-state index in [1.54, 1.807) is 12.1 Å². The lowest BCUT2D eigenvalue weighted by Gasteiger charge is -2.37. The Bertz CT molecular complexity index is 386. The molecule has 2 N–H and O–H groups in total. The predicted molar refractivity (Wildman–Crippen MR) is 77.5 cm³/mol. The third-order valence-electron chi connectivity index (χ3n) is 3.71. The molecule has 3 heteroatoms. The molecule has 0 saturated carbocycles. The molecule has 1 aromatic rings. The normalized spacial score (nSPS) is 24.9. The standard InChI is InChI=1S/C16H25FN2/c1-12(2)9-19-10-14(8-16(18)11-19)7-13-3-5-15(17)6-4-13/h3-6,12,14,16H,7-11,18H2,1-2H3. The van der Waals surface area contributed by atoms with E-state index in [9.17, 15) is 4.39 Å². The minimum atomic E-state index is -0.162. The van der Waals surface area contributed by atoms with E-state index in [0.717, 1.165) is 32.5 Å². The third kappa shape index (κ3) is 4.59. The first kappa shape index (κ1) is 14.5. The predicted octanol–water partition coefficient (Wildman–Crippen LogP) is 2.67. The van der Waals surface area contributed by atoms with Gasteiger partial charge in [-0.15, -0.1) is 0 Å². The molecule has 19 heavy (non-hydrogen) atoms. The van der Waals surface area contributed by atoms with Gasteiger partial charge in [-0.2, -0.15) is 0 Å². The quantitative estimate of drug-likeness (QED) is 0.906. The molecule has 1 aromatic carbocycles. The minimum absolute atomic E-state index is 0.162. The fraction of sp³-hybridized carbons (Fsp3) is 0.625. The Balaban J connectivity index is 1.93. The van der Waals surface area contributed by atoms with Crippen LogP contribution in [0.3, 0.4) is 0 Å². The van der Waals surface area contributed by atoms with Gasteiger partial charge >= 0.3 is 0 Å². The van der Waals surface area contributed by atoms with Crippen molar-refractivity contribution >= 4 is 0 Å². The van der Waals surface area contributed by atoms with E-state index in [-0.39, 0.29) is 11.9 Å². The molecule has 0 aliphatic carbocycles. The number of hydrogen-bond acceptors (Lipinski definition) is 2. The molecule has 1 aliphatic rings. The van der Waals surface area contributed by atoms with Gasteiger partial charge in [-0.05, 0) is 42.4 Å². The van der Waals surface area contributed by atoms with Crippen LogP contribution in [-0.4, -0.2) is 30.6 Å². The van der Waals surface area contributed by atoms with Crippen LogP contribution in [-0.2, 0) is 6.42 Å². The van der Waals surface area contributed by atoms with E-state index in [2.05, 4.69) is 18.7 Å². The van der Waals surface area contributed by atoms with Crippen LogP contribution in [0, 0.1) is 17.7 Å². The fourth-order valence-corrected chi connectivity index (χ4v) is 3.12. The molecule has 2 atom stereocenters. The molecular formula is C16H25FN2. The highest BCUT2D eigenvalue weighted by Gasteiger charge is 2.25. The average molecular weight is 264 g/mol. The maximum atomic E-state index is 12.9. The highest BCUT2D eigenvalue weighted by atomic mass is 19.1.